The Morgan fingerprint density at radius 3 is 2.94 bits per heavy atom. The molecular weight excluding hydrogens is 200 g/mol. The smallest absolute Gasteiger partial charge is 0.203 e. The number of nitrogens with one attached hydrogen (secondary N) is 1. The van der Waals surface area contributed by atoms with Crippen molar-refractivity contribution in [2.45, 2.75) is 45.3 Å². The molecule has 0 aliphatic heterocycles. The number of anilines is 1. The molecule has 1 aromatic rings. The molecule has 0 aromatic carbocycles. The number of imidazole rings is 1. The van der Waals surface area contributed by atoms with E-state index in [1.807, 2.05) is 6.20 Å². The minimum absolute atomic E-state index is 0.600. The van der Waals surface area contributed by atoms with Crippen molar-refractivity contribution >= 4 is 5.95 Å². The molecule has 0 spiro atoms. The fraction of sp³-hybridized carbons (Fsp3) is 0.750. The number of aromatic nitrogens is 2. The van der Waals surface area contributed by atoms with Gasteiger partial charge in [-0.25, -0.2) is 4.98 Å². The molecule has 0 atom stereocenters. The maximum absolute atomic E-state index is 4.35. The summed E-state index contributed by atoms with van der Waals surface area (Å²) >= 11 is 0. The number of hydrogen-bond donors (Lipinski definition) is 1. The van der Waals surface area contributed by atoms with E-state index in [0.29, 0.717) is 12.1 Å². The highest BCUT2D eigenvalue weighted by Gasteiger charge is 2.22. The molecule has 4 heteroatoms. The lowest BCUT2D eigenvalue weighted by Gasteiger charge is -2.21. The first-order chi connectivity index (χ1) is 7.66. The van der Waals surface area contributed by atoms with Gasteiger partial charge in [0.2, 0.25) is 5.95 Å². The van der Waals surface area contributed by atoms with Crippen LogP contribution in [-0.2, 0) is 6.54 Å². The van der Waals surface area contributed by atoms with Gasteiger partial charge in [-0.15, -0.1) is 0 Å². The Hall–Kier alpha value is -1.03. The van der Waals surface area contributed by atoms with E-state index >= 15 is 0 Å². The quantitative estimate of drug-likeness (QED) is 0.796. The van der Waals surface area contributed by atoms with Crippen molar-refractivity contribution in [1.29, 1.82) is 0 Å². The van der Waals surface area contributed by atoms with E-state index in [9.17, 15) is 0 Å². The first-order valence-corrected chi connectivity index (χ1v) is 6.14. The molecule has 0 amide bonds. The number of rotatable bonds is 6. The predicted octanol–water partition coefficient (Wildman–Crippen LogP) is 1.80. The lowest BCUT2D eigenvalue weighted by Crippen LogP contribution is -2.29. The van der Waals surface area contributed by atoms with Crippen LogP contribution in [-0.4, -0.2) is 40.1 Å². The van der Waals surface area contributed by atoms with Gasteiger partial charge in [0.25, 0.3) is 0 Å². The predicted molar refractivity (Wildman–Crippen MR) is 66.6 cm³/mol. The van der Waals surface area contributed by atoms with E-state index < -0.39 is 0 Å². The van der Waals surface area contributed by atoms with Gasteiger partial charge in [-0.1, -0.05) is 0 Å². The summed E-state index contributed by atoms with van der Waals surface area (Å²) in [6, 6.07) is 1.27. The van der Waals surface area contributed by atoms with Gasteiger partial charge >= 0.3 is 0 Å². The second-order valence-electron chi connectivity index (χ2n) is 4.94. The summed E-state index contributed by atoms with van der Waals surface area (Å²) in [5, 5.41) is 3.45. The number of nitrogens with zero attached hydrogens (tertiary/aromatic N) is 3. The molecule has 1 saturated carbocycles. The first kappa shape index (κ1) is 11.5. The first-order valence-electron chi connectivity index (χ1n) is 6.14. The van der Waals surface area contributed by atoms with Crippen LogP contribution in [0.3, 0.4) is 0 Å². The molecule has 2 rings (SSSR count). The topological polar surface area (TPSA) is 33.1 Å². The summed E-state index contributed by atoms with van der Waals surface area (Å²) < 4.78 is 2.21. The van der Waals surface area contributed by atoms with Crippen LogP contribution in [0.25, 0.3) is 0 Å². The molecule has 16 heavy (non-hydrogen) atoms. The molecule has 1 aliphatic rings. The average molecular weight is 222 g/mol. The Morgan fingerprint density at radius 2 is 2.31 bits per heavy atom. The van der Waals surface area contributed by atoms with Gasteiger partial charge in [0, 0.05) is 37.6 Å². The van der Waals surface area contributed by atoms with Crippen LogP contribution in [0.4, 0.5) is 5.95 Å². The van der Waals surface area contributed by atoms with Gasteiger partial charge in [0.05, 0.1) is 0 Å². The fourth-order valence-corrected chi connectivity index (χ4v) is 1.56. The van der Waals surface area contributed by atoms with E-state index in [1.165, 1.54) is 12.8 Å². The Morgan fingerprint density at radius 1 is 1.56 bits per heavy atom. The summed E-state index contributed by atoms with van der Waals surface area (Å²) in [4.78, 5) is 6.70. The lowest BCUT2D eigenvalue weighted by molar-refractivity contribution is 0.263. The van der Waals surface area contributed by atoms with Gasteiger partial charge in [0.1, 0.15) is 0 Å². The van der Waals surface area contributed by atoms with E-state index in [4.69, 9.17) is 0 Å². The van der Waals surface area contributed by atoms with Crippen molar-refractivity contribution in [3.8, 4) is 0 Å². The molecule has 1 heterocycles. The standard InChI is InChI=1S/C12H22N4/c1-10(2)15(3)8-9-16-7-6-13-12(16)14-11-4-5-11/h6-7,10-11H,4-5,8-9H2,1-3H3,(H,13,14). The van der Waals surface area contributed by atoms with E-state index in [2.05, 4.69) is 46.9 Å². The zero-order chi connectivity index (χ0) is 11.5. The molecule has 1 aliphatic carbocycles. The molecule has 0 unspecified atom stereocenters. The molecule has 90 valence electrons. The molecule has 1 fully saturated rings. The van der Waals surface area contributed by atoms with Crippen LogP contribution in [0.5, 0.6) is 0 Å². The SMILES string of the molecule is CC(C)N(C)CCn1ccnc1NC1CC1. The van der Waals surface area contributed by atoms with Crippen molar-refractivity contribution in [2.75, 3.05) is 18.9 Å². The minimum Gasteiger partial charge on any atom is -0.353 e. The van der Waals surface area contributed by atoms with Crippen molar-refractivity contribution < 1.29 is 0 Å². The zero-order valence-corrected chi connectivity index (χ0v) is 10.5. The largest absolute Gasteiger partial charge is 0.353 e. The highest BCUT2D eigenvalue weighted by Crippen LogP contribution is 2.23. The Balaban J connectivity index is 1.85. The normalized spacial score (nSPS) is 16.1. The average Bonchev–Trinajstić information content (AvgIpc) is 2.94. The third kappa shape index (κ3) is 2.98. The maximum Gasteiger partial charge on any atom is 0.203 e. The van der Waals surface area contributed by atoms with Gasteiger partial charge in [-0.2, -0.15) is 0 Å². The van der Waals surface area contributed by atoms with Crippen molar-refractivity contribution in [1.82, 2.24) is 14.5 Å². The van der Waals surface area contributed by atoms with Crippen LogP contribution in [0.2, 0.25) is 0 Å². The Bertz CT molecular complexity index is 328. The highest BCUT2D eigenvalue weighted by atomic mass is 15.2. The fourth-order valence-electron chi connectivity index (χ4n) is 1.56. The summed E-state index contributed by atoms with van der Waals surface area (Å²) in [5.74, 6) is 1.03. The van der Waals surface area contributed by atoms with E-state index in [0.717, 1.165) is 19.0 Å². The van der Waals surface area contributed by atoms with Crippen molar-refractivity contribution in [3.05, 3.63) is 12.4 Å². The van der Waals surface area contributed by atoms with Gasteiger partial charge in [-0.05, 0) is 33.7 Å². The molecule has 4 nitrogen and oxygen atoms in total. The highest BCUT2D eigenvalue weighted by molar-refractivity contribution is 5.29. The molecule has 0 radical (unpaired) electrons. The van der Waals surface area contributed by atoms with Gasteiger partial charge in [-0.3, -0.25) is 0 Å². The third-order valence-corrected chi connectivity index (χ3v) is 3.20. The second-order valence-corrected chi connectivity index (χ2v) is 4.94. The number of likely N-dealkylation sites (N-methyl/N-ethyl adjacent to an activating group) is 1. The molecule has 0 saturated heterocycles. The summed E-state index contributed by atoms with van der Waals surface area (Å²) in [7, 11) is 2.16. The zero-order valence-electron chi connectivity index (χ0n) is 10.5. The van der Waals surface area contributed by atoms with E-state index in [1.54, 1.807) is 0 Å². The van der Waals surface area contributed by atoms with Crippen molar-refractivity contribution in [3.63, 3.8) is 0 Å². The van der Waals surface area contributed by atoms with Gasteiger partial charge in [0.15, 0.2) is 0 Å². The van der Waals surface area contributed by atoms with Crippen LogP contribution in [0.1, 0.15) is 26.7 Å². The van der Waals surface area contributed by atoms with E-state index in [-0.39, 0.29) is 0 Å². The Labute approximate surface area is 97.7 Å². The lowest BCUT2D eigenvalue weighted by atomic mass is 10.3. The summed E-state index contributed by atoms with van der Waals surface area (Å²) in [6.45, 7) is 6.51. The molecular formula is C12H22N4. The van der Waals surface area contributed by atoms with Gasteiger partial charge < -0.3 is 14.8 Å². The van der Waals surface area contributed by atoms with Crippen LogP contribution in [0, 0.1) is 0 Å². The summed E-state index contributed by atoms with van der Waals surface area (Å²) in [5.41, 5.74) is 0. The second kappa shape index (κ2) is 4.87. The van der Waals surface area contributed by atoms with Crippen LogP contribution >= 0.6 is 0 Å². The number of hydrogen-bond acceptors (Lipinski definition) is 3. The summed E-state index contributed by atoms with van der Waals surface area (Å²) in [6.07, 6.45) is 6.51. The van der Waals surface area contributed by atoms with Crippen LogP contribution in [0.15, 0.2) is 12.4 Å². The molecule has 0 bridgehead atoms. The molecule has 1 aromatic heterocycles. The monoisotopic (exact) mass is 222 g/mol. The molecule has 1 N–H and O–H groups in total. The Kier molecular flexibility index (Phi) is 3.49. The third-order valence-electron chi connectivity index (χ3n) is 3.20. The van der Waals surface area contributed by atoms with Crippen LogP contribution < -0.4 is 5.32 Å². The minimum atomic E-state index is 0.600. The van der Waals surface area contributed by atoms with Crippen molar-refractivity contribution in [2.24, 2.45) is 0 Å². The maximum atomic E-state index is 4.35.